The maximum absolute atomic E-state index is 11.9. The van der Waals surface area contributed by atoms with Crippen LogP contribution in [-0.2, 0) is 0 Å². The lowest BCUT2D eigenvalue weighted by atomic mass is 10.1. The van der Waals surface area contributed by atoms with Crippen molar-refractivity contribution in [1.82, 2.24) is 9.78 Å². The van der Waals surface area contributed by atoms with E-state index in [0.717, 1.165) is 25.7 Å². The Kier molecular flexibility index (Phi) is 4.07. The number of hydrogen-bond acceptors (Lipinski definition) is 3. The molecule has 4 nitrogen and oxygen atoms in total. The molecule has 0 spiro atoms. The molecule has 1 heterocycles. The van der Waals surface area contributed by atoms with Gasteiger partial charge in [-0.1, -0.05) is 42.5 Å². The second kappa shape index (κ2) is 5.38. The molecule has 0 amide bonds. The van der Waals surface area contributed by atoms with Gasteiger partial charge in [-0.25, -0.2) is 4.68 Å². The van der Waals surface area contributed by atoms with Gasteiger partial charge < -0.3 is 5.11 Å². The van der Waals surface area contributed by atoms with Crippen molar-refractivity contribution in [1.29, 1.82) is 0 Å². The fraction of sp³-hybridized carbons (Fsp3) is 0.636. The Morgan fingerprint density at radius 1 is 1.29 bits per heavy atom. The third-order valence-electron chi connectivity index (χ3n) is 3.16. The van der Waals surface area contributed by atoms with E-state index in [1.165, 1.54) is 10.9 Å². The molecular formula is C11H14Cl2N2O2. The van der Waals surface area contributed by atoms with E-state index in [0.29, 0.717) is 6.42 Å². The Balaban J connectivity index is 2.38. The van der Waals surface area contributed by atoms with Gasteiger partial charge >= 0.3 is 0 Å². The first-order chi connectivity index (χ1) is 8.11. The van der Waals surface area contributed by atoms with Gasteiger partial charge in [0.2, 0.25) is 0 Å². The summed E-state index contributed by atoms with van der Waals surface area (Å²) in [5.41, 5.74) is -0.426. The molecule has 1 fully saturated rings. The molecule has 1 saturated carbocycles. The van der Waals surface area contributed by atoms with Crippen LogP contribution in [0.25, 0.3) is 0 Å². The number of aromatic nitrogens is 2. The van der Waals surface area contributed by atoms with E-state index in [4.69, 9.17) is 23.2 Å². The summed E-state index contributed by atoms with van der Waals surface area (Å²) in [7, 11) is 0. The molecule has 1 aromatic rings. The monoisotopic (exact) mass is 276 g/mol. The summed E-state index contributed by atoms with van der Waals surface area (Å²) in [6.07, 6.45) is 5.28. The van der Waals surface area contributed by atoms with E-state index in [1.807, 2.05) is 0 Å². The average molecular weight is 277 g/mol. The topological polar surface area (TPSA) is 55.1 Å². The fourth-order valence-corrected chi connectivity index (χ4v) is 2.47. The summed E-state index contributed by atoms with van der Waals surface area (Å²) in [4.78, 5) is 11.9. The van der Waals surface area contributed by atoms with Crippen LogP contribution in [0, 0.1) is 0 Å². The standard InChI is InChI=1S/C11H14Cl2N2O2/c12-7-6-14-15(11(17)10(7)13)8-4-2-1-3-5-9(8)16/h6,8-9,16H,1-5H2. The highest BCUT2D eigenvalue weighted by Crippen LogP contribution is 2.27. The van der Waals surface area contributed by atoms with Crippen LogP contribution in [0.5, 0.6) is 0 Å². The Hall–Kier alpha value is -0.580. The number of aliphatic hydroxyl groups is 1. The van der Waals surface area contributed by atoms with Crippen molar-refractivity contribution in [3.63, 3.8) is 0 Å². The minimum Gasteiger partial charge on any atom is -0.391 e. The highest BCUT2D eigenvalue weighted by atomic mass is 35.5. The van der Waals surface area contributed by atoms with Gasteiger partial charge in [0.05, 0.1) is 23.4 Å². The van der Waals surface area contributed by atoms with Crippen LogP contribution in [0.1, 0.15) is 38.1 Å². The largest absolute Gasteiger partial charge is 0.391 e. The molecular weight excluding hydrogens is 263 g/mol. The second-order valence-electron chi connectivity index (χ2n) is 4.33. The fourth-order valence-electron chi connectivity index (χ4n) is 2.21. The number of nitrogens with zero attached hydrogens (tertiary/aromatic N) is 2. The van der Waals surface area contributed by atoms with Crippen molar-refractivity contribution in [2.45, 2.75) is 44.2 Å². The van der Waals surface area contributed by atoms with Crippen LogP contribution < -0.4 is 5.56 Å². The summed E-state index contributed by atoms with van der Waals surface area (Å²) >= 11 is 11.5. The van der Waals surface area contributed by atoms with Gasteiger partial charge in [-0.05, 0) is 12.8 Å². The Labute approximate surface area is 109 Å². The molecule has 1 aromatic heterocycles. The maximum Gasteiger partial charge on any atom is 0.287 e. The van der Waals surface area contributed by atoms with Crippen LogP contribution >= 0.6 is 23.2 Å². The Morgan fingerprint density at radius 3 is 2.76 bits per heavy atom. The smallest absolute Gasteiger partial charge is 0.287 e. The SMILES string of the molecule is O=c1c(Cl)c(Cl)cnn1C1CCCCCC1O. The predicted molar refractivity (Wildman–Crippen MR) is 66.6 cm³/mol. The van der Waals surface area contributed by atoms with Gasteiger partial charge in [0.1, 0.15) is 5.02 Å². The number of aliphatic hydroxyl groups excluding tert-OH is 1. The molecule has 0 aromatic carbocycles. The zero-order chi connectivity index (χ0) is 12.4. The third kappa shape index (κ3) is 2.64. The minimum atomic E-state index is -0.542. The molecule has 2 rings (SSSR count). The summed E-state index contributed by atoms with van der Waals surface area (Å²) in [5.74, 6) is 0. The Morgan fingerprint density at radius 2 is 2.00 bits per heavy atom. The molecule has 1 aliphatic carbocycles. The normalized spacial score (nSPS) is 25.6. The van der Waals surface area contributed by atoms with E-state index in [1.54, 1.807) is 0 Å². The molecule has 0 radical (unpaired) electrons. The van der Waals surface area contributed by atoms with Gasteiger partial charge in [0, 0.05) is 0 Å². The lowest BCUT2D eigenvalue weighted by Gasteiger charge is -2.21. The predicted octanol–water partition coefficient (Wildman–Crippen LogP) is 2.42. The minimum absolute atomic E-state index is 0.0295. The van der Waals surface area contributed by atoms with Crippen molar-refractivity contribution in [2.24, 2.45) is 0 Å². The van der Waals surface area contributed by atoms with E-state index < -0.39 is 11.7 Å². The molecule has 94 valence electrons. The van der Waals surface area contributed by atoms with Crippen molar-refractivity contribution >= 4 is 23.2 Å². The molecule has 1 aliphatic rings. The quantitative estimate of drug-likeness (QED) is 0.802. The molecule has 0 bridgehead atoms. The lowest BCUT2D eigenvalue weighted by molar-refractivity contribution is 0.0963. The molecule has 0 saturated heterocycles. The van der Waals surface area contributed by atoms with Crippen molar-refractivity contribution < 1.29 is 5.11 Å². The van der Waals surface area contributed by atoms with Crippen LogP contribution in [0.2, 0.25) is 10.0 Å². The first-order valence-electron chi connectivity index (χ1n) is 5.72. The van der Waals surface area contributed by atoms with Gasteiger partial charge in [0.25, 0.3) is 5.56 Å². The molecule has 17 heavy (non-hydrogen) atoms. The van der Waals surface area contributed by atoms with Crippen molar-refractivity contribution in [2.75, 3.05) is 0 Å². The lowest BCUT2D eigenvalue weighted by Crippen LogP contribution is -2.34. The van der Waals surface area contributed by atoms with Crippen LogP contribution in [0.15, 0.2) is 11.0 Å². The average Bonchev–Trinajstić information content (AvgIpc) is 2.52. The molecule has 0 aliphatic heterocycles. The molecule has 6 heteroatoms. The van der Waals surface area contributed by atoms with Gasteiger partial charge in [0.15, 0.2) is 0 Å². The second-order valence-corrected chi connectivity index (χ2v) is 5.11. The first-order valence-corrected chi connectivity index (χ1v) is 6.47. The van der Waals surface area contributed by atoms with Gasteiger partial charge in [-0.2, -0.15) is 5.10 Å². The molecule has 2 atom stereocenters. The zero-order valence-electron chi connectivity index (χ0n) is 9.27. The summed E-state index contributed by atoms with van der Waals surface area (Å²) in [6, 6.07) is -0.292. The number of hydrogen-bond donors (Lipinski definition) is 1. The van der Waals surface area contributed by atoms with E-state index in [2.05, 4.69) is 5.10 Å². The van der Waals surface area contributed by atoms with Gasteiger partial charge in [-0.3, -0.25) is 4.79 Å². The zero-order valence-corrected chi connectivity index (χ0v) is 10.8. The molecule has 1 N–H and O–H groups in total. The van der Waals surface area contributed by atoms with Crippen molar-refractivity contribution in [3.8, 4) is 0 Å². The van der Waals surface area contributed by atoms with Crippen LogP contribution in [0.3, 0.4) is 0 Å². The van der Waals surface area contributed by atoms with E-state index in [9.17, 15) is 9.90 Å². The van der Waals surface area contributed by atoms with Gasteiger partial charge in [-0.15, -0.1) is 0 Å². The summed E-state index contributed by atoms with van der Waals surface area (Å²) in [5, 5.41) is 14.1. The summed E-state index contributed by atoms with van der Waals surface area (Å²) < 4.78 is 1.27. The number of halogens is 2. The highest BCUT2D eigenvalue weighted by molar-refractivity contribution is 6.41. The van der Waals surface area contributed by atoms with Crippen molar-refractivity contribution in [3.05, 3.63) is 26.6 Å². The maximum atomic E-state index is 11.9. The van der Waals surface area contributed by atoms with Crippen LogP contribution in [-0.4, -0.2) is 21.0 Å². The highest BCUT2D eigenvalue weighted by Gasteiger charge is 2.25. The van der Waals surface area contributed by atoms with Crippen LogP contribution in [0.4, 0.5) is 0 Å². The third-order valence-corrected chi connectivity index (χ3v) is 3.91. The molecule has 2 unspecified atom stereocenters. The Bertz CT molecular complexity index is 461. The summed E-state index contributed by atoms with van der Waals surface area (Å²) in [6.45, 7) is 0. The van der Waals surface area contributed by atoms with E-state index >= 15 is 0 Å². The van der Waals surface area contributed by atoms with E-state index in [-0.39, 0.29) is 16.1 Å². The first kappa shape index (κ1) is 12.9. The number of rotatable bonds is 1.